The van der Waals surface area contributed by atoms with Gasteiger partial charge in [0, 0.05) is 28.8 Å². The maximum atomic E-state index is 15.4. The number of ether oxygens (including phenoxy) is 1. The van der Waals surface area contributed by atoms with Gasteiger partial charge in [0.15, 0.2) is 17.7 Å². The molecule has 0 radical (unpaired) electrons. The first-order valence-electron chi connectivity index (χ1n) is 13.5. The van der Waals surface area contributed by atoms with Crippen LogP contribution in [0.15, 0.2) is 66.9 Å². The van der Waals surface area contributed by atoms with Crippen LogP contribution in [0, 0.1) is 28.6 Å². The van der Waals surface area contributed by atoms with Gasteiger partial charge in [-0.3, -0.25) is 10.1 Å². The van der Waals surface area contributed by atoms with E-state index in [0.717, 1.165) is 18.3 Å². The van der Waals surface area contributed by atoms with Crippen LogP contribution in [0.25, 0.3) is 22.3 Å². The molecule has 2 atom stereocenters. The minimum Gasteiger partial charge on any atom is -0.618 e. The minimum absolute atomic E-state index is 0.0137. The lowest BCUT2D eigenvalue weighted by Crippen LogP contribution is -2.34. The highest BCUT2D eigenvalue weighted by atomic mass is 35.5. The average Bonchev–Trinajstić information content (AvgIpc) is 2.98. The number of rotatable bonds is 3. The van der Waals surface area contributed by atoms with Crippen LogP contribution in [0.4, 0.5) is 29.3 Å². The van der Waals surface area contributed by atoms with Crippen LogP contribution in [0.2, 0.25) is 5.02 Å². The molecule has 1 aromatic heterocycles. The van der Waals surface area contributed by atoms with Crippen LogP contribution in [0.1, 0.15) is 43.4 Å². The molecule has 4 aromatic rings. The number of hydrogen-bond acceptors (Lipinski definition) is 4. The Labute approximate surface area is 250 Å². The van der Waals surface area contributed by atoms with Crippen LogP contribution in [-0.4, -0.2) is 19.1 Å². The van der Waals surface area contributed by atoms with Gasteiger partial charge in [0.2, 0.25) is 5.91 Å². The molecule has 0 unspecified atom stereocenters. The van der Waals surface area contributed by atoms with E-state index in [0.29, 0.717) is 40.8 Å². The Morgan fingerprint density at radius 1 is 1.02 bits per heavy atom. The van der Waals surface area contributed by atoms with Crippen molar-refractivity contribution in [1.82, 2.24) is 0 Å². The second kappa shape index (κ2) is 12.3. The van der Waals surface area contributed by atoms with Gasteiger partial charge in [0.1, 0.15) is 11.6 Å². The van der Waals surface area contributed by atoms with Crippen molar-refractivity contribution < 1.29 is 32.2 Å². The van der Waals surface area contributed by atoms with Gasteiger partial charge in [0.05, 0.1) is 34.9 Å². The van der Waals surface area contributed by atoms with Crippen molar-refractivity contribution in [2.75, 3.05) is 17.7 Å². The van der Waals surface area contributed by atoms with Gasteiger partial charge < -0.3 is 15.3 Å². The van der Waals surface area contributed by atoms with Crippen molar-refractivity contribution in [3.63, 3.8) is 0 Å². The molecule has 1 aliphatic heterocycles. The molecule has 1 aliphatic rings. The van der Waals surface area contributed by atoms with Gasteiger partial charge in [-0.15, -0.1) is 0 Å². The average molecular weight is 610 g/mol. The summed E-state index contributed by atoms with van der Waals surface area (Å²) in [7, 11) is 1.22. The number of hydrogen-bond donors (Lipinski definition) is 2. The fourth-order valence-corrected chi connectivity index (χ4v) is 5.46. The largest absolute Gasteiger partial charge is 0.618 e. The number of halogens is 4. The second-order valence-electron chi connectivity index (χ2n) is 10.4. The van der Waals surface area contributed by atoms with Crippen molar-refractivity contribution in [2.45, 2.75) is 32.1 Å². The summed E-state index contributed by atoms with van der Waals surface area (Å²) < 4.78 is 49.8. The Balaban J connectivity index is 1.62. The molecule has 2 N–H and O–H groups in total. The maximum absolute atomic E-state index is 15.4. The molecule has 0 aliphatic carbocycles. The van der Waals surface area contributed by atoms with Crippen LogP contribution in [0.3, 0.4) is 0 Å². The Bertz CT molecular complexity index is 1730. The number of amides is 2. The van der Waals surface area contributed by atoms with E-state index >= 15 is 4.39 Å². The lowest BCUT2D eigenvalue weighted by molar-refractivity contribution is -0.614. The fraction of sp³-hybridized carbons (Fsp3) is 0.219. The minimum atomic E-state index is -0.973. The van der Waals surface area contributed by atoms with E-state index in [-0.39, 0.29) is 33.4 Å². The zero-order valence-electron chi connectivity index (χ0n) is 23.2. The molecule has 0 saturated heterocycles. The van der Waals surface area contributed by atoms with Crippen LogP contribution in [0.5, 0.6) is 0 Å². The summed E-state index contributed by atoms with van der Waals surface area (Å²) in [6, 6.07) is 14.2. The molecule has 222 valence electrons. The number of aromatic nitrogens is 1. The summed E-state index contributed by atoms with van der Waals surface area (Å²) >= 11 is 5.85. The number of fused-ring (bicyclic) bond motifs is 4. The van der Waals surface area contributed by atoms with Crippen molar-refractivity contribution in [3.05, 3.63) is 106 Å². The van der Waals surface area contributed by atoms with E-state index in [4.69, 9.17) is 11.6 Å². The summed E-state index contributed by atoms with van der Waals surface area (Å²) in [5.74, 6) is -3.64. The molecule has 3 aromatic carbocycles. The fourth-order valence-electron chi connectivity index (χ4n) is 5.30. The number of anilines is 2. The zero-order chi connectivity index (χ0) is 30.8. The van der Waals surface area contributed by atoms with Crippen molar-refractivity contribution >= 4 is 35.0 Å². The number of nitrogens with zero attached hydrogens (tertiary/aromatic N) is 1. The van der Waals surface area contributed by atoms with Gasteiger partial charge >= 0.3 is 6.09 Å². The van der Waals surface area contributed by atoms with E-state index in [2.05, 4.69) is 15.4 Å². The molecule has 11 heteroatoms. The molecule has 0 fully saturated rings. The molecule has 2 amide bonds. The Morgan fingerprint density at radius 2 is 1.79 bits per heavy atom. The third-order valence-electron chi connectivity index (χ3n) is 7.60. The number of nitrogens with one attached hydrogen (secondary N) is 2. The molecule has 2 heterocycles. The number of benzene rings is 3. The second-order valence-corrected chi connectivity index (χ2v) is 10.8. The molecule has 2 bridgehead atoms. The third-order valence-corrected chi connectivity index (χ3v) is 7.90. The van der Waals surface area contributed by atoms with Crippen molar-refractivity contribution in [3.8, 4) is 22.3 Å². The molecule has 43 heavy (non-hydrogen) atoms. The van der Waals surface area contributed by atoms with Gasteiger partial charge in [-0.1, -0.05) is 37.1 Å². The standard InChI is InChI=1S/C32H27ClF3N3O4/c1-17-4-3-5-21(28-13-7-19(16-39(28)42)29-26(35)12-10-24(33)30(29)36)18-6-11-25(34)23(14-18)22-9-8-20(37-32(41)43-2)15-27(22)38-31(17)40/h6-17,21H,3-5H2,1-2H3,(H,37,41)(H,38,40)/t17-,21-/m1/s1. The van der Waals surface area contributed by atoms with Crippen LogP contribution >= 0.6 is 11.6 Å². The van der Waals surface area contributed by atoms with Crippen molar-refractivity contribution in [2.24, 2.45) is 5.92 Å². The number of carbonyl (C=O) groups is 2. The zero-order valence-corrected chi connectivity index (χ0v) is 24.0. The van der Waals surface area contributed by atoms with Gasteiger partial charge in [0.25, 0.3) is 0 Å². The lowest BCUT2D eigenvalue weighted by atomic mass is 9.86. The first-order chi connectivity index (χ1) is 20.6. The number of carbonyl (C=O) groups excluding carboxylic acids is 2. The normalized spacial score (nSPS) is 16.7. The van der Waals surface area contributed by atoms with Gasteiger partial charge in [-0.05, 0) is 60.9 Å². The quantitative estimate of drug-likeness (QED) is 0.141. The predicted molar refractivity (Wildman–Crippen MR) is 157 cm³/mol. The lowest BCUT2D eigenvalue weighted by Gasteiger charge is -2.22. The molecular formula is C32H27ClF3N3O4. The number of methoxy groups -OCH3 is 1. The number of pyridine rings is 1. The summed E-state index contributed by atoms with van der Waals surface area (Å²) in [6.07, 6.45) is 1.86. The van der Waals surface area contributed by atoms with Crippen LogP contribution in [-0.2, 0) is 9.53 Å². The summed E-state index contributed by atoms with van der Waals surface area (Å²) in [5, 5.41) is 18.5. The van der Waals surface area contributed by atoms with Crippen LogP contribution < -0.4 is 15.4 Å². The van der Waals surface area contributed by atoms with E-state index in [1.54, 1.807) is 31.2 Å². The Kier molecular flexibility index (Phi) is 8.59. The topological polar surface area (TPSA) is 94.4 Å². The first kappa shape index (κ1) is 29.9. The Hall–Kier alpha value is -4.57. The molecular weight excluding hydrogens is 583 g/mol. The monoisotopic (exact) mass is 609 g/mol. The Morgan fingerprint density at radius 3 is 2.53 bits per heavy atom. The summed E-state index contributed by atoms with van der Waals surface area (Å²) in [4.78, 5) is 24.9. The highest BCUT2D eigenvalue weighted by Gasteiger charge is 2.27. The predicted octanol–water partition coefficient (Wildman–Crippen LogP) is 7.79. The molecule has 7 nitrogen and oxygen atoms in total. The van der Waals surface area contributed by atoms with E-state index < -0.39 is 40.9 Å². The summed E-state index contributed by atoms with van der Waals surface area (Å²) in [6.45, 7) is 1.77. The first-order valence-corrected chi connectivity index (χ1v) is 13.9. The third kappa shape index (κ3) is 6.15. The highest BCUT2D eigenvalue weighted by molar-refractivity contribution is 6.31. The molecule has 0 spiro atoms. The van der Waals surface area contributed by atoms with Gasteiger partial charge in [-0.25, -0.2) is 18.0 Å². The van der Waals surface area contributed by atoms with E-state index in [1.807, 2.05) is 0 Å². The van der Waals surface area contributed by atoms with E-state index in [9.17, 15) is 23.6 Å². The SMILES string of the molecule is COC(=O)Nc1ccc2c(c1)NC(=O)[C@H](C)CCC[C@@H](c1ccc(-c3c(F)ccc(Cl)c3F)c[n+]1[O-])c1ccc(F)c-2c1. The maximum Gasteiger partial charge on any atom is 0.411 e. The van der Waals surface area contributed by atoms with Crippen molar-refractivity contribution in [1.29, 1.82) is 0 Å². The highest BCUT2D eigenvalue weighted by Crippen LogP contribution is 2.38. The smallest absolute Gasteiger partial charge is 0.411 e. The van der Waals surface area contributed by atoms with E-state index in [1.165, 1.54) is 31.4 Å². The molecule has 0 saturated carbocycles. The summed E-state index contributed by atoms with van der Waals surface area (Å²) in [5.41, 5.74) is 1.68. The molecule has 5 rings (SSSR count). The van der Waals surface area contributed by atoms with Gasteiger partial charge in [-0.2, -0.15) is 4.73 Å².